The average molecular weight is 337 g/mol. The van der Waals surface area contributed by atoms with Gasteiger partial charge in [-0.25, -0.2) is 0 Å². The molecule has 5 heteroatoms. The Bertz CT molecular complexity index is 453. The molecule has 20 heavy (non-hydrogen) atoms. The number of piperidine rings is 1. The summed E-state index contributed by atoms with van der Waals surface area (Å²) in [5.74, 6) is 0. The van der Waals surface area contributed by atoms with E-state index in [9.17, 15) is 4.79 Å². The second kappa shape index (κ2) is 8.23. The van der Waals surface area contributed by atoms with Crippen molar-refractivity contribution in [2.24, 2.45) is 0 Å². The summed E-state index contributed by atoms with van der Waals surface area (Å²) < 4.78 is 0. The zero-order valence-corrected chi connectivity index (χ0v) is 14.4. The first-order valence-electron chi connectivity index (χ1n) is 6.67. The van der Waals surface area contributed by atoms with E-state index in [1.165, 1.54) is 32.4 Å². The summed E-state index contributed by atoms with van der Waals surface area (Å²) in [7, 11) is 2.19. The van der Waals surface area contributed by atoms with Gasteiger partial charge in [-0.2, -0.15) is 0 Å². The van der Waals surface area contributed by atoms with Crippen molar-refractivity contribution in [3.8, 4) is 0 Å². The lowest BCUT2D eigenvalue weighted by Crippen LogP contribution is -2.24. The van der Waals surface area contributed by atoms with Gasteiger partial charge in [0.25, 0.3) is 0 Å². The number of likely N-dealkylation sites (tertiary alicyclic amines) is 1. The van der Waals surface area contributed by atoms with Gasteiger partial charge in [0.2, 0.25) is 0 Å². The summed E-state index contributed by atoms with van der Waals surface area (Å²) in [5, 5.41) is 1.18. The molecular weight excluding hydrogens is 317 g/mol. The van der Waals surface area contributed by atoms with Crippen LogP contribution in [-0.4, -0.2) is 31.3 Å². The number of nitrogens with zero attached hydrogens (tertiary/aromatic N) is 1. The first-order chi connectivity index (χ1) is 9.40. The van der Waals surface area contributed by atoms with Gasteiger partial charge in [-0.15, -0.1) is 0 Å². The van der Waals surface area contributed by atoms with Gasteiger partial charge in [-0.3, -0.25) is 4.79 Å². The van der Waals surface area contributed by atoms with Gasteiger partial charge in [0.15, 0.2) is 6.29 Å². The summed E-state index contributed by atoms with van der Waals surface area (Å²) >= 11 is 17.7. The standard InChI is InChI=1S/C9H7Cl3O.C6H13N/c1-4-6(3-13)7(10)5(2)9(12)8(4)11;1-7-5-3-2-4-6-7/h3H,1-2H3;2-6H2,1H3. The van der Waals surface area contributed by atoms with Gasteiger partial charge in [0.1, 0.15) is 0 Å². The van der Waals surface area contributed by atoms with Gasteiger partial charge in [-0.05, 0) is 58.0 Å². The SMILES string of the molecule is CN1CCCCC1.Cc1c(Cl)c(Cl)c(C)c(C=O)c1Cl. The highest BCUT2D eigenvalue weighted by atomic mass is 35.5. The number of benzene rings is 1. The van der Waals surface area contributed by atoms with Crippen LogP contribution in [0.5, 0.6) is 0 Å². The summed E-state index contributed by atoms with van der Waals surface area (Å²) in [4.78, 5) is 13.1. The lowest BCUT2D eigenvalue weighted by atomic mass is 10.1. The Kier molecular flexibility index (Phi) is 7.32. The Morgan fingerprint density at radius 1 is 0.900 bits per heavy atom. The van der Waals surface area contributed by atoms with E-state index in [1.54, 1.807) is 13.8 Å². The molecule has 1 fully saturated rings. The van der Waals surface area contributed by atoms with Crippen LogP contribution >= 0.6 is 34.8 Å². The minimum atomic E-state index is 0.377. The van der Waals surface area contributed by atoms with Gasteiger partial charge in [0.05, 0.1) is 15.1 Å². The Hall–Kier alpha value is -0.280. The predicted molar refractivity (Wildman–Crippen MR) is 87.7 cm³/mol. The molecule has 1 saturated heterocycles. The summed E-state index contributed by atoms with van der Waals surface area (Å²) in [5.41, 5.74) is 1.67. The van der Waals surface area contributed by atoms with Crippen molar-refractivity contribution in [3.05, 3.63) is 31.8 Å². The van der Waals surface area contributed by atoms with E-state index >= 15 is 0 Å². The van der Waals surface area contributed by atoms with Gasteiger partial charge in [-0.1, -0.05) is 41.2 Å². The van der Waals surface area contributed by atoms with Crippen molar-refractivity contribution in [3.63, 3.8) is 0 Å². The summed E-state index contributed by atoms with van der Waals surface area (Å²) in [6, 6.07) is 0. The van der Waals surface area contributed by atoms with Crippen molar-refractivity contribution in [1.29, 1.82) is 0 Å². The second-order valence-electron chi connectivity index (χ2n) is 5.09. The molecule has 0 saturated carbocycles. The lowest BCUT2D eigenvalue weighted by Gasteiger charge is -2.20. The van der Waals surface area contributed by atoms with Gasteiger partial charge < -0.3 is 4.90 Å². The number of hydrogen-bond donors (Lipinski definition) is 0. The Balaban J connectivity index is 0.000000240. The Labute approximate surface area is 136 Å². The maximum atomic E-state index is 10.7. The van der Waals surface area contributed by atoms with Crippen LogP contribution in [0.4, 0.5) is 0 Å². The molecule has 0 aromatic heterocycles. The molecule has 0 spiro atoms. The molecule has 0 N–H and O–H groups in total. The van der Waals surface area contributed by atoms with Crippen LogP contribution in [0, 0.1) is 13.8 Å². The molecule has 2 nitrogen and oxygen atoms in total. The monoisotopic (exact) mass is 335 g/mol. The lowest BCUT2D eigenvalue weighted by molar-refractivity contribution is 0.112. The smallest absolute Gasteiger partial charge is 0.151 e. The average Bonchev–Trinajstić information content (AvgIpc) is 2.45. The van der Waals surface area contributed by atoms with E-state index in [0.29, 0.717) is 38.0 Å². The van der Waals surface area contributed by atoms with Crippen molar-refractivity contribution in [1.82, 2.24) is 4.90 Å². The molecule has 0 radical (unpaired) electrons. The maximum absolute atomic E-state index is 10.7. The van der Waals surface area contributed by atoms with Crippen molar-refractivity contribution in [2.75, 3.05) is 20.1 Å². The van der Waals surface area contributed by atoms with Crippen LogP contribution in [0.3, 0.4) is 0 Å². The fourth-order valence-corrected chi connectivity index (χ4v) is 2.91. The zero-order valence-electron chi connectivity index (χ0n) is 12.1. The normalized spacial score (nSPS) is 15.5. The molecule has 1 aromatic rings. The molecule has 0 bridgehead atoms. The Morgan fingerprint density at radius 3 is 1.80 bits per heavy atom. The van der Waals surface area contributed by atoms with E-state index in [2.05, 4.69) is 11.9 Å². The van der Waals surface area contributed by atoms with Gasteiger partial charge >= 0.3 is 0 Å². The molecule has 1 aromatic carbocycles. The predicted octanol–water partition coefficient (Wildman–Crippen LogP) is 5.18. The molecule has 1 aliphatic heterocycles. The van der Waals surface area contributed by atoms with Crippen molar-refractivity contribution < 1.29 is 4.79 Å². The number of carbonyl (C=O) groups excluding carboxylic acids is 1. The third-order valence-corrected chi connectivity index (χ3v) is 5.05. The van der Waals surface area contributed by atoms with E-state index in [0.717, 1.165) is 0 Å². The molecule has 0 unspecified atom stereocenters. The topological polar surface area (TPSA) is 20.3 Å². The van der Waals surface area contributed by atoms with Crippen molar-refractivity contribution >= 4 is 41.1 Å². The number of carbonyl (C=O) groups is 1. The molecule has 2 rings (SSSR count). The van der Waals surface area contributed by atoms with E-state index in [-0.39, 0.29) is 0 Å². The highest BCUT2D eigenvalue weighted by Gasteiger charge is 2.15. The fourth-order valence-electron chi connectivity index (χ4n) is 2.10. The van der Waals surface area contributed by atoms with Crippen LogP contribution in [0.25, 0.3) is 0 Å². The third-order valence-electron chi connectivity index (χ3n) is 3.52. The highest BCUT2D eigenvalue weighted by Crippen LogP contribution is 2.36. The first-order valence-corrected chi connectivity index (χ1v) is 7.80. The fraction of sp³-hybridized carbons (Fsp3) is 0.533. The van der Waals surface area contributed by atoms with E-state index in [1.807, 2.05) is 0 Å². The van der Waals surface area contributed by atoms with Crippen LogP contribution < -0.4 is 0 Å². The molecule has 112 valence electrons. The largest absolute Gasteiger partial charge is 0.306 e. The maximum Gasteiger partial charge on any atom is 0.151 e. The molecule has 0 atom stereocenters. The van der Waals surface area contributed by atoms with Gasteiger partial charge in [0, 0.05) is 5.56 Å². The first kappa shape index (κ1) is 17.8. The van der Waals surface area contributed by atoms with Crippen LogP contribution in [0.15, 0.2) is 0 Å². The third kappa shape index (κ3) is 4.36. The van der Waals surface area contributed by atoms with Crippen molar-refractivity contribution in [2.45, 2.75) is 33.1 Å². The minimum absolute atomic E-state index is 0.377. The van der Waals surface area contributed by atoms with Crippen LogP contribution in [0.1, 0.15) is 40.7 Å². The minimum Gasteiger partial charge on any atom is -0.306 e. The highest BCUT2D eigenvalue weighted by molar-refractivity contribution is 6.45. The molecule has 0 amide bonds. The summed E-state index contributed by atoms with van der Waals surface area (Å²) in [6.45, 7) is 6.08. The number of aldehydes is 1. The molecule has 1 heterocycles. The van der Waals surface area contributed by atoms with E-state index in [4.69, 9.17) is 34.8 Å². The summed E-state index contributed by atoms with van der Waals surface area (Å²) in [6.07, 6.45) is 4.96. The Morgan fingerprint density at radius 2 is 1.40 bits per heavy atom. The molecule has 0 aliphatic carbocycles. The molecular formula is C15H20Cl3NO. The quantitative estimate of drug-likeness (QED) is 0.520. The number of halogens is 3. The van der Waals surface area contributed by atoms with Crippen LogP contribution in [0.2, 0.25) is 15.1 Å². The van der Waals surface area contributed by atoms with E-state index < -0.39 is 0 Å². The van der Waals surface area contributed by atoms with Crippen LogP contribution in [-0.2, 0) is 0 Å². The number of rotatable bonds is 1. The molecule has 1 aliphatic rings. The zero-order chi connectivity index (χ0) is 15.3. The number of hydrogen-bond acceptors (Lipinski definition) is 2. The second-order valence-corrected chi connectivity index (χ2v) is 6.22.